The topological polar surface area (TPSA) is 53.6 Å². The van der Waals surface area contributed by atoms with Gasteiger partial charge in [-0.1, -0.05) is 0 Å². The molecule has 5 heteroatoms. The fourth-order valence-corrected chi connectivity index (χ4v) is 1.99. The van der Waals surface area contributed by atoms with Crippen molar-refractivity contribution in [2.45, 2.75) is 18.9 Å². The fraction of sp³-hybridized carbons (Fsp3) is 0.900. The third kappa shape index (κ3) is 3.07. The number of likely N-dealkylation sites (tertiary alicyclic amines) is 1. The summed E-state index contributed by atoms with van der Waals surface area (Å²) in [6.07, 6.45) is 2.07. The molecule has 2 fully saturated rings. The number of hydrogen-bond donors (Lipinski definition) is 2. The number of piperazine rings is 1. The average Bonchev–Trinajstić information content (AvgIpc) is 2.81. The van der Waals surface area contributed by atoms with E-state index in [4.69, 9.17) is 4.74 Å². The standard InChI is InChI=1S/C10H19N3O2/c14-10(13-5-1-2-6-13)15-8-9-7-11-3-4-12-9/h9,11-12H,1-8H2/t9-/m1/s1. The van der Waals surface area contributed by atoms with Crippen LogP contribution >= 0.6 is 0 Å². The Bertz CT molecular complexity index is 211. The quantitative estimate of drug-likeness (QED) is 0.666. The number of ether oxygens (including phenoxy) is 1. The molecule has 2 N–H and O–H groups in total. The summed E-state index contributed by atoms with van der Waals surface area (Å²) < 4.78 is 5.25. The number of carbonyl (C=O) groups excluding carboxylic acids is 1. The second kappa shape index (κ2) is 5.32. The Labute approximate surface area is 90.1 Å². The van der Waals surface area contributed by atoms with Crippen LogP contribution < -0.4 is 10.6 Å². The van der Waals surface area contributed by atoms with Gasteiger partial charge in [0.25, 0.3) is 0 Å². The van der Waals surface area contributed by atoms with Gasteiger partial charge in [-0.2, -0.15) is 0 Å². The van der Waals surface area contributed by atoms with E-state index < -0.39 is 0 Å². The Hall–Kier alpha value is -0.810. The summed E-state index contributed by atoms with van der Waals surface area (Å²) in [6.45, 7) is 5.02. The zero-order valence-electron chi connectivity index (χ0n) is 9.00. The van der Waals surface area contributed by atoms with Gasteiger partial charge in [0.2, 0.25) is 0 Å². The second-order valence-electron chi connectivity index (χ2n) is 4.13. The summed E-state index contributed by atoms with van der Waals surface area (Å²) in [5.74, 6) is 0. The lowest BCUT2D eigenvalue weighted by molar-refractivity contribution is 0.0982. The van der Waals surface area contributed by atoms with E-state index in [9.17, 15) is 4.79 Å². The van der Waals surface area contributed by atoms with Gasteiger partial charge < -0.3 is 20.3 Å². The van der Waals surface area contributed by atoms with Crippen molar-refractivity contribution >= 4 is 6.09 Å². The summed E-state index contributed by atoms with van der Waals surface area (Å²) in [5, 5.41) is 6.57. The van der Waals surface area contributed by atoms with E-state index in [1.807, 2.05) is 0 Å². The summed E-state index contributed by atoms with van der Waals surface area (Å²) in [5.41, 5.74) is 0. The highest BCUT2D eigenvalue weighted by atomic mass is 16.6. The van der Waals surface area contributed by atoms with Crippen molar-refractivity contribution in [3.05, 3.63) is 0 Å². The van der Waals surface area contributed by atoms with Gasteiger partial charge in [-0.3, -0.25) is 0 Å². The summed E-state index contributed by atoms with van der Waals surface area (Å²) in [7, 11) is 0. The molecule has 2 aliphatic rings. The summed E-state index contributed by atoms with van der Waals surface area (Å²) in [4.78, 5) is 13.3. The number of carbonyl (C=O) groups is 1. The molecule has 0 aromatic rings. The van der Waals surface area contributed by atoms with Gasteiger partial charge in [-0.05, 0) is 12.8 Å². The van der Waals surface area contributed by atoms with Crippen LogP contribution in [0, 0.1) is 0 Å². The number of nitrogens with zero attached hydrogens (tertiary/aromatic N) is 1. The van der Waals surface area contributed by atoms with Gasteiger partial charge in [0, 0.05) is 32.7 Å². The normalized spacial score (nSPS) is 26.7. The fourth-order valence-electron chi connectivity index (χ4n) is 1.99. The zero-order chi connectivity index (χ0) is 10.5. The zero-order valence-corrected chi connectivity index (χ0v) is 9.00. The Morgan fingerprint density at radius 2 is 2.13 bits per heavy atom. The first-order valence-corrected chi connectivity index (χ1v) is 5.72. The number of amides is 1. The molecule has 5 nitrogen and oxygen atoms in total. The molecule has 0 bridgehead atoms. The van der Waals surface area contributed by atoms with Gasteiger partial charge in [-0.15, -0.1) is 0 Å². The van der Waals surface area contributed by atoms with E-state index in [0.717, 1.165) is 45.6 Å². The lowest BCUT2D eigenvalue weighted by Gasteiger charge is -2.25. The van der Waals surface area contributed by atoms with Crippen LogP contribution in [0.4, 0.5) is 4.79 Å². The van der Waals surface area contributed by atoms with E-state index in [1.54, 1.807) is 4.90 Å². The highest BCUT2D eigenvalue weighted by molar-refractivity contribution is 5.67. The van der Waals surface area contributed by atoms with E-state index in [-0.39, 0.29) is 12.1 Å². The van der Waals surface area contributed by atoms with Crippen molar-refractivity contribution in [3.63, 3.8) is 0 Å². The molecule has 0 aromatic carbocycles. The van der Waals surface area contributed by atoms with Gasteiger partial charge in [-0.25, -0.2) is 4.79 Å². The maximum atomic E-state index is 11.5. The Kier molecular flexibility index (Phi) is 3.80. The van der Waals surface area contributed by atoms with Crippen molar-refractivity contribution < 1.29 is 9.53 Å². The Balaban J connectivity index is 1.65. The van der Waals surface area contributed by atoms with Gasteiger partial charge in [0.1, 0.15) is 6.61 Å². The molecule has 2 rings (SSSR count). The lowest BCUT2D eigenvalue weighted by atomic mass is 10.2. The first kappa shape index (κ1) is 10.7. The largest absolute Gasteiger partial charge is 0.448 e. The van der Waals surface area contributed by atoms with Gasteiger partial charge in [0.05, 0.1) is 6.04 Å². The highest BCUT2D eigenvalue weighted by Crippen LogP contribution is 2.08. The first-order valence-electron chi connectivity index (χ1n) is 5.72. The molecular weight excluding hydrogens is 194 g/mol. The molecule has 0 radical (unpaired) electrons. The van der Waals surface area contributed by atoms with E-state index >= 15 is 0 Å². The molecule has 0 aliphatic carbocycles. The molecule has 0 unspecified atom stereocenters. The lowest BCUT2D eigenvalue weighted by Crippen LogP contribution is -2.51. The van der Waals surface area contributed by atoms with Crippen LogP contribution in [0.2, 0.25) is 0 Å². The van der Waals surface area contributed by atoms with Crippen LogP contribution in [0.5, 0.6) is 0 Å². The minimum absolute atomic E-state index is 0.153. The van der Waals surface area contributed by atoms with Crippen LogP contribution in [-0.4, -0.2) is 56.4 Å². The van der Waals surface area contributed by atoms with Crippen molar-refractivity contribution in [2.75, 3.05) is 39.3 Å². The van der Waals surface area contributed by atoms with Crippen molar-refractivity contribution in [3.8, 4) is 0 Å². The molecule has 1 amide bonds. The van der Waals surface area contributed by atoms with Crippen LogP contribution in [0.3, 0.4) is 0 Å². The Morgan fingerprint density at radius 1 is 1.33 bits per heavy atom. The molecule has 0 aromatic heterocycles. The second-order valence-corrected chi connectivity index (χ2v) is 4.13. The predicted molar refractivity (Wildman–Crippen MR) is 56.8 cm³/mol. The van der Waals surface area contributed by atoms with Crippen molar-refractivity contribution in [1.29, 1.82) is 0 Å². The minimum atomic E-state index is -0.153. The van der Waals surface area contributed by atoms with E-state index in [0.29, 0.717) is 6.61 Å². The summed E-state index contributed by atoms with van der Waals surface area (Å²) >= 11 is 0. The number of nitrogens with one attached hydrogen (secondary N) is 2. The molecule has 2 heterocycles. The SMILES string of the molecule is O=C(OC[C@H]1CNCCN1)N1CCCC1. The smallest absolute Gasteiger partial charge is 0.409 e. The average molecular weight is 213 g/mol. The monoisotopic (exact) mass is 213 g/mol. The summed E-state index contributed by atoms with van der Waals surface area (Å²) in [6, 6.07) is 0.269. The maximum absolute atomic E-state index is 11.5. The molecule has 2 aliphatic heterocycles. The molecule has 86 valence electrons. The van der Waals surface area contributed by atoms with E-state index in [2.05, 4.69) is 10.6 Å². The number of hydrogen-bond acceptors (Lipinski definition) is 4. The van der Waals surface area contributed by atoms with Crippen LogP contribution in [0.25, 0.3) is 0 Å². The third-order valence-corrected chi connectivity index (χ3v) is 2.90. The first-order chi connectivity index (χ1) is 7.36. The highest BCUT2D eigenvalue weighted by Gasteiger charge is 2.21. The maximum Gasteiger partial charge on any atom is 0.409 e. The molecule has 0 spiro atoms. The predicted octanol–water partition coefficient (Wildman–Crippen LogP) is -0.220. The Morgan fingerprint density at radius 3 is 2.80 bits per heavy atom. The van der Waals surface area contributed by atoms with E-state index in [1.165, 1.54) is 0 Å². The molecular formula is C10H19N3O2. The van der Waals surface area contributed by atoms with Crippen molar-refractivity contribution in [2.24, 2.45) is 0 Å². The number of rotatable bonds is 2. The van der Waals surface area contributed by atoms with Crippen LogP contribution in [0.15, 0.2) is 0 Å². The molecule has 1 atom stereocenters. The van der Waals surface area contributed by atoms with Crippen LogP contribution in [0.1, 0.15) is 12.8 Å². The molecule has 0 saturated carbocycles. The third-order valence-electron chi connectivity index (χ3n) is 2.90. The van der Waals surface area contributed by atoms with Crippen LogP contribution in [-0.2, 0) is 4.74 Å². The van der Waals surface area contributed by atoms with Gasteiger partial charge >= 0.3 is 6.09 Å². The van der Waals surface area contributed by atoms with Gasteiger partial charge in [0.15, 0.2) is 0 Å². The molecule has 15 heavy (non-hydrogen) atoms. The van der Waals surface area contributed by atoms with Crippen molar-refractivity contribution in [1.82, 2.24) is 15.5 Å². The minimum Gasteiger partial charge on any atom is -0.448 e. The molecule has 2 saturated heterocycles.